The highest BCUT2D eigenvalue weighted by Crippen LogP contribution is 2.38. The lowest BCUT2D eigenvalue weighted by Crippen LogP contribution is -2.02. The van der Waals surface area contributed by atoms with Gasteiger partial charge in [0.1, 0.15) is 17.4 Å². The zero-order valence-electron chi connectivity index (χ0n) is 10.5. The highest BCUT2D eigenvalue weighted by Gasteiger charge is 2.13. The van der Waals surface area contributed by atoms with Crippen LogP contribution in [-0.4, -0.2) is 19.8 Å². The molecule has 7 heteroatoms. The third kappa shape index (κ3) is 3.03. The van der Waals surface area contributed by atoms with E-state index in [0.717, 1.165) is 18.2 Å². The predicted octanol–water partition coefficient (Wildman–Crippen LogP) is 2.93. The third-order valence-electron chi connectivity index (χ3n) is 2.65. The smallest absolute Gasteiger partial charge is 0.504 e. The summed E-state index contributed by atoms with van der Waals surface area (Å²) in [5, 5.41) is 8.99. The molecule has 3 nitrogen and oxygen atoms in total. The van der Waals surface area contributed by atoms with Gasteiger partial charge in [-0.15, -0.1) is 0 Å². The number of hydrogen-bond acceptors (Lipinski definition) is 3. The minimum absolute atomic E-state index is 0.222. The molecule has 2 rings (SSSR count). The van der Waals surface area contributed by atoms with Crippen molar-refractivity contribution < 1.29 is 23.2 Å². The van der Waals surface area contributed by atoms with Crippen LogP contribution in [0.5, 0.6) is 11.5 Å². The van der Waals surface area contributed by atoms with Crippen LogP contribution in [0.3, 0.4) is 0 Å². The van der Waals surface area contributed by atoms with Crippen molar-refractivity contribution in [2.75, 3.05) is 7.11 Å². The van der Waals surface area contributed by atoms with Crippen LogP contribution in [0, 0.1) is 11.6 Å². The van der Waals surface area contributed by atoms with Crippen LogP contribution >= 0.6 is 11.6 Å². The lowest BCUT2D eigenvalue weighted by Gasteiger charge is -2.13. The van der Waals surface area contributed by atoms with E-state index in [0.29, 0.717) is 11.3 Å². The Labute approximate surface area is 120 Å². The average Bonchev–Trinajstić information content (AvgIpc) is 2.38. The van der Waals surface area contributed by atoms with E-state index < -0.39 is 19.3 Å². The number of methoxy groups -OCH3 is 1. The summed E-state index contributed by atoms with van der Waals surface area (Å²) in [7, 11) is 0.865. The Balaban J connectivity index is 2.56. The Bertz CT molecular complexity index is 617. The Hall–Kier alpha value is -1.79. The summed E-state index contributed by atoms with van der Waals surface area (Å²) < 4.78 is 36.5. The predicted molar refractivity (Wildman–Crippen MR) is 73.4 cm³/mol. The van der Waals surface area contributed by atoms with E-state index in [1.807, 2.05) is 0 Å². The summed E-state index contributed by atoms with van der Waals surface area (Å²) >= 11 is 6.07. The summed E-state index contributed by atoms with van der Waals surface area (Å²) in [6.45, 7) is 0. The molecule has 0 atom stereocenters. The van der Waals surface area contributed by atoms with Crippen LogP contribution in [0.15, 0.2) is 30.3 Å². The summed E-state index contributed by atoms with van der Waals surface area (Å²) in [6, 6.07) is 6.00. The standard InChI is InChI=1S/C13H10BClF2O3/c1-19-12-5-10(11(15)6-13(12)20-14-18)7-2-8(16)4-9(17)3-7/h2-6,14,18H,1H3. The van der Waals surface area contributed by atoms with Crippen molar-refractivity contribution in [2.45, 2.75) is 0 Å². The number of ether oxygens (including phenoxy) is 1. The Morgan fingerprint density at radius 2 is 1.70 bits per heavy atom. The molecule has 0 amide bonds. The van der Waals surface area contributed by atoms with Crippen molar-refractivity contribution in [3.05, 3.63) is 47.0 Å². The highest BCUT2D eigenvalue weighted by molar-refractivity contribution is 6.33. The molecule has 2 aromatic carbocycles. The molecule has 0 aliphatic heterocycles. The average molecular weight is 298 g/mol. The second kappa shape index (κ2) is 6.11. The molecule has 104 valence electrons. The van der Waals surface area contributed by atoms with Crippen molar-refractivity contribution >= 4 is 19.3 Å². The molecule has 0 unspecified atom stereocenters. The second-order valence-electron chi connectivity index (χ2n) is 3.91. The van der Waals surface area contributed by atoms with Gasteiger partial charge in [-0.05, 0) is 23.8 Å². The first-order valence-electron chi connectivity index (χ1n) is 5.63. The highest BCUT2D eigenvalue weighted by atomic mass is 35.5. The van der Waals surface area contributed by atoms with Crippen molar-refractivity contribution in [3.63, 3.8) is 0 Å². The fraction of sp³-hybridized carbons (Fsp3) is 0.0769. The Kier molecular flexibility index (Phi) is 4.47. The Morgan fingerprint density at radius 3 is 2.25 bits per heavy atom. The van der Waals surface area contributed by atoms with Crippen LogP contribution in [0.1, 0.15) is 0 Å². The first kappa shape index (κ1) is 14.6. The van der Waals surface area contributed by atoms with E-state index in [9.17, 15) is 8.78 Å². The molecular weight excluding hydrogens is 288 g/mol. The number of halogens is 3. The van der Waals surface area contributed by atoms with Gasteiger partial charge >= 0.3 is 7.69 Å². The maximum atomic E-state index is 13.3. The number of rotatable bonds is 4. The molecule has 0 saturated carbocycles. The largest absolute Gasteiger partial charge is 0.536 e. The maximum absolute atomic E-state index is 13.3. The number of hydrogen-bond donors (Lipinski definition) is 1. The first-order chi connectivity index (χ1) is 9.55. The van der Waals surface area contributed by atoms with Crippen molar-refractivity contribution in [3.8, 4) is 22.6 Å². The molecule has 0 aliphatic carbocycles. The lowest BCUT2D eigenvalue weighted by molar-refractivity contribution is 0.382. The van der Waals surface area contributed by atoms with Crippen LogP contribution < -0.4 is 9.39 Å². The van der Waals surface area contributed by atoms with Gasteiger partial charge in [0.15, 0.2) is 5.75 Å². The van der Waals surface area contributed by atoms with Crippen LogP contribution in [0.2, 0.25) is 5.02 Å². The van der Waals surface area contributed by atoms with Gasteiger partial charge in [0, 0.05) is 17.7 Å². The van der Waals surface area contributed by atoms with Crippen molar-refractivity contribution in [2.24, 2.45) is 0 Å². The summed E-state index contributed by atoms with van der Waals surface area (Å²) in [6.07, 6.45) is 0. The van der Waals surface area contributed by atoms with E-state index in [1.54, 1.807) is 0 Å². The van der Waals surface area contributed by atoms with Gasteiger partial charge in [0.25, 0.3) is 0 Å². The van der Waals surface area contributed by atoms with E-state index in [1.165, 1.54) is 19.2 Å². The fourth-order valence-corrected chi connectivity index (χ4v) is 2.07. The first-order valence-corrected chi connectivity index (χ1v) is 6.00. The van der Waals surface area contributed by atoms with Crippen LogP contribution in [0.4, 0.5) is 8.78 Å². The van der Waals surface area contributed by atoms with Crippen LogP contribution in [-0.2, 0) is 0 Å². The molecule has 0 fully saturated rings. The minimum atomic E-state index is -0.703. The maximum Gasteiger partial charge on any atom is 0.504 e. The zero-order valence-corrected chi connectivity index (χ0v) is 11.2. The summed E-state index contributed by atoms with van der Waals surface area (Å²) in [4.78, 5) is 0. The van der Waals surface area contributed by atoms with Crippen molar-refractivity contribution in [1.82, 2.24) is 0 Å². The molecule has 1 N–H and O–H groups in total. The Morgan fingerprint density at radius 1 is 1.05 bits per heavy atom. The topological polar surface area (TPSA) is 38.7 Å². The molecule has 0 aromatic heterocycles. The monoisotopic (exact) mass is 298 g/mol. The lowest BCUT2D eigenvalue weighted by atomic mass is 10.0. The SMILES string of the molecule is COc1cc(-c2cc(F)cc(F)c2)c(Cl)cc1OBO. The van der Waals surface area contributed by atoms with Gasteiger partial charge < -0.3 is 14.4 Å². The molecular formula is C13H10BClF2O3. The minimum Gasteiger partial charge on any atom is -0.536 e. The third-order valence-corrected chi connectivity index (χ3v) is 2.96. The van der Waals surface area contributed by atoms with Crippen molar-refractivity contribution in [1.29, 1.82) is 0 Å². The summed E-state index contributed by atoms with van der Waals surface area (Å²) in [5.74, 6) is -0.875. The normalized spacial score (nSPS) is 10.2. The van der Waals surface area contributed by atoms with Gasteiger partial charge in [-0.25, -0.2) is 8.78 Å². The molecule has 20 heavy (non-hydrogen) atoms. The van der Waals surface area contributed by atoms with Crippen LogP contribution in [0.25, 0.3) is 11.1 Å². The number of benzene rings is 2. The molecule has 0 bridgehead atoms. The van der Waals surface area contributed by atoms with E-state index in [2.05, 4.69) is 0 Å². The van der Waals surface area contributed by atoms with Gasteiger partial charge in [-0.1, -0.05) is 11.6 Å². The van der Waals surface area contributed by atoms with Gasteiger partial charge in [0.05, 0.1) is 12.1 Å². The molecule has 0 spiro atoms. The van der Waals surface area contributed by atoms with Gasteiger partial charge in [0.2, 0.25) is 0 Å². The zero-order chi connectivity index (χ0) is 14.7. The molecule has 0 saturated heterocycles. The van der Waals surface area contributed by atoms with E-state index >= 15 is 0 Å². The van der Waals surface area contributed by atoms with Gasteiger partial charge in [-0.2, -0.15) is 0 Å². The molecule has 0 aliphatic rings. The van der Waals surface area contributed by atoms with Gasteiger partial charge in [-0.3, -0.25) is 0 Å². The fourth-order valence-electron chi connectivity index (χ4n) is 1.81. The molecule has 0 heterocycles. The van der Waals surface area contributed by atoms with E-state index in [4.69, 9.17) is 26.0 Å². The molecule has 2 aromatic rings. The second-order valence-corrected chi connectivity index (χ2v) is 4.32. The molecule has 0 radical (unpaired) electrons. The van der Waals surface area contributed by atoms with E-state index in [-0.39, 0.29) is 16.3 Å². The summed E-state index contributed by atoms with van der Waals surface area (Å²) in [5.41, 5.74) is 0.675. The quantitative estimate of drug-likeness (QED) is 0.882.